The van der Waals surface area contributed by atoms with E-state index in [2.05, 4.69) is 17.4 Å². The molecule has 108 valence electrons. The quantitative estimate of drug-likeness (QED) is 0.842. The van der Waals surface area contributed by atoms with Crippen molar-refractivity contribution in [3.05, 3.63) is 65.7 Å². The zero-order chi connectivity index (χ0) is 14.5. The zero-order valence-electron chi connectivity index (χ0n) is 12.2. The Morgan fingerprint density at radius 3 is 2.19 bits per heavy atom. The van der Waals surface area contributed by atoms with Crippen molar-refractivity contribution in [2.24, 2.45) is 0 Å². The second-order valence-corrected chi connectivity index (χ2v) is 5.78. The van der Waals surface area contributed by atoms with Crippen molar-refractivity contribution < 1.29 is 4.79 Å². The summed E-state index contributed by atoms with van der Waals surface area (Å²) in [6, 6.07) is 17.7. The summed E-state index contributed by atoms with van der Waals surface area (Å²) >= 11 is 0. The number of amides is 1. The lowest BCUT2D eigenvalue weighted by molar-refractivity contribution is 0.102. The van der Waals surface area contributed by atoms with Crippen LogP contribution in [0.3, 0.4) is 0 Å². The van der Waals surface area contributed by atoms with E-state index in [0.29, 0.717) is 5.92 Å². The third-order valence-electron chi connectivity index (χ3n) is 4.28. The first-order valence-corrected chi connectivity index (χ1v) is 7.79. The molecule has 0 spiro atoms. The van der Waals surface area contributed by atoms with Gasteiger partial charge < -0.3 is 5.32 Å². The summed E-state index contributed by atoms with van der Waals surface area (Å²) in [6.07, 6.45) is 6.61. The predicted molar refractivity (Wildman–Crippen MR) is 86.7 cm³/mol. The maximum absolute atomic E-state index is 12.2. The highest BCUT2D eigenvalue weighted by molar-refractivity contribution is 6.04. The SMILES string of the molecule is O=C(Nc1ccccc1)c1ccc(C2CCCCC2)cc1. The van der Waals surface area contributed by atoms with E-state index in [4.69, 9.17) is 0 Å². The summed E-state index contributed by atoms with van der Waals surface area (Å²) in [7, 11) is 0. The first kappa shape index (κ1) is 13.9. The van der Waals surface area contributed by atoms with E-state index in [1.807, 2.05) is 42.5 Å². The molecule has 1 aliphatic rings. The van der Waals surface area contributed by atoms with Crippen molar-refractivity contribution in [3.8, 4) is 0 Å². The number of anilines is 1. The molecule has 0 radical (unpaired) electrons. The van der Waals surface area contributed by atoms with Crippen molar-refractivity contribution in [1.29, 1.82) is 0 Å². The molecule has 2 aromatic rings. The maximum Gasteiger partial charge on any atom is 0.255 e. The number of hydrogen-bond donors (Lipinski definition) is 1. The summed E-state index contributed by atoms with van der Waals surface area (Å²) in [5, 5.41) is 2.92. The second-order valence-electron chi connectivity index (χ2n) is 5.78. The minimum atomic E-state index is -0.0450. The molecule has 1 N–H and O–H groups in total. The Labute approximate surface area is 126 Å². The summed E-state index contributed by atoms with van der Waals surface area (Å²) in [6.45, 7) is 0. The summed E-state index contributed by atoms with van der Waals surface area (Å²) in [5.41, 5.74) is 2.93. The number of carbonyl (C=O) groups is 1. The van der Waals surface area contributed by atoms with Crippen LogP contribution < -0.4 is 5.32 Å². The van der Waals surface area contributed by atoms with Crippen LogP contribution in [0.1, 0.15) is 53.9 Å². The van der Waals surface area contributed by atoms with Crippen molar-refractivity contribution in [3.63, 3.8) is 0 Å². The lowest BCUT2D eigenvalue weighted by Crippen LogP contribution is -2.12. The van der Waals surface area contributed by atoms with Gasteiger partial charge in [-0.3, -0.25) is 4.79 Å². The molecule has 0 atom stereocenters. The van der Waals surface area contributed by atoms with Crippen molar-refractivity contribution >= 4 is 11.6 Å². The fourth-order valence-corrected chi connectivity index (χ4v) is 3.07. The highest BCUT2D eigenvalue weighted by Gasteiger charge is 2.15. The second kappa shape index (κ2) is 6.57. The Hall–Kier alpha value is -2.09. The average Bonchev–Trinajstić information content (AvgIpc) is 2.57. The monoisotopic (exact) mass is 279 g/mol. The average molecular weight is 279 g/mol. The Bertz CT molecular complexity index is 583. The van der Waals surface area contributed by atoms with E-state index in [1.54, 1.807) is 0 Å². The van der Waals surface area contributed by atoms with Crippen molar-refractivity contribution in [1.82, 2.24) is 0 Å². The number of nitrogens with one attached hydrogen (secondary N) is 1. The highest BCUT2D eigenvalue weighted by atomic mass is 16.1. The van der Waals surface area contributed by atoms with Crippen LogP contribution in [0.5, 0.6) is 0 Å². The fourth-order valence-electron chi connectivity index (χ4n) is 3.07. The molecule has 0 aliphatic heterocycles. The van der Waals surface area contributed by atoms with Crippen LogP contribution in [0.25, 0.3) is 0 Å². The molecule has 3 rings (SSSR count). The summed E-state index contributed by atoms with van der Waals surface area (Å²) in [4.78, 5) is 12.2. The number of para-hydroxylation sites is 1. The minimum absolute atomic E-state index is 0.0450. The van der Waals surface area contributed by atoms with E-state index in [-0.39, 0.29) is 5.91 Å². The van der Waals surface area contributed by atoms with Crippen LogP contribution in [-0.2, 0) is 0 Å². The lowest BCUT2D eigenvalue weighted by atomic mass is 9.84. The molecule has 1 amide bonds. The summed E-state index contributed by atoms with van der Waals surface area (Å²) < 4.78 is 0. The van der Waals surface area contributed by atoms with Crippen LogP contribution in [0, 0.1) is 0 Å². The van der Waals surface area contributed by atoms with Gasteiger partial charge >= 0.3 is 0 Å². The van der Waals surface area contributed by atoms with E-state index < -0.39 is 0 Å². The Kier molecular flexibility index (Phi) is 4.34. The van der Waals surface area contributed by atoms with Crippen LogP contribution >= 0.6 is 0 Å². The molecule has 2 nitrogen and oxygen atoms in total. The van der Waals surface area contributed by atoms with Gasteiger partial charge in [0.2, 0.25) is 0 Å². The van der Waals surface area contributed by atoms with Crippen LogP contribution in [-0.4, -0.2) is 5.91 Å². The Balaban J connectivity index is 1.67. The first-order chi connectivity index (χ1) is 10.3. The van der Waals surface area contributed by atoms with Gasteiger partial charge in [0.1, 0.15) is 0 Å². The molecule has 2 aromatic carbocycles. The largest absolute Gasteiger partial charge is 0.322 e. The van der Waals surface area contributed by atoms with Gasteiger partial charge in [-0.25, -0.2) is 0 Å². The number of carbonyl (C=O) groups excluding carboxylic acids is 1. The minimum Gasteiger partial charge on any atom is -0.322 e. The molecular weight excluding hydrogens is 258 g/mol. The molecule has 0 heterocycles. The van der Waals surface area contributed by atoms with E-state index in [1.165, 1.54) is 37.7 Å². The fraction of sp³-hybridized carbons (Fsp3) is 0.316. The molecule has 21 heavy (non-hydrogen) atoms. The standard InChI is InChI=1S/C19H21NO/c21-19(20-18-9-5-2-6-10-18)17-13-11-16(12-14-17)15-7-3-1-4-8-15/h2,5-6,9-15H,1,3-4,7-8H2,(H,20,21). The van der Waals surface area contributed by atoms with Gasteiger partial charge in [-0.05, 0) is 48.6 Å². The van der Waals surface area contributed by atoms with Gasteiger partial charge in [-0.1, -0.05) is 49.6 Å². The molecule has 0 bridgehead atoms. The van der Waals surface area contributed by atoms with Crippen LogP contribution in [0.15, 0.2) is 54.6 Å². The van der Waals surface area contributed by atoms with Crippen molar-refractivity contribution in [2.75, 3.05) is 5.32 Å². The smallest absolute Gasteiger partial charge is 0.255 e. The van der Waals surface area contributed by atoms with Gasteiger partial charge in [-0.15, -0.1) is 0 Å². The zero-order valence-corrected chi connectivity index (χ0v) is 12.2. The van der Waals surface area contributed by atoms with Crippen LogP contribution in [0.4, 0.5) is 5.69 Å². The molecule has 2 heteroatoms. The maximum atomic E-state index is 12.2. The molecule has 1 fully saturated rings. The first-order valence-electron chi connectivity index (χ1n) is 7.79. The van der Waals surface area contributed by atoms with Gasteiger partial charge in [-0.2, -0.15) is 0 Å². The number of hydrogen-bond acceptors (Lipinski definition) is 1. The normalized spacial score (nSPS) is 15.6. The highest BCUT2D eigenvalue weighted by Crippen LogP contribution is 2.32. The van der Waals surface area contributed by atoms with Gasteiger partial charge in [0, 0.05) is 11.3 Å². The van der Waals surface area contributed by atoms with E-state index >= 15 is 0 Å². The van der Waals surface area contributed by atoms with Gasteiger partial charge in [0.25, 0.3) is 5.91 Å². The molecule has 1 aliphatic carbocycles. The third kappa shape index (κ3) is 3.52. The Morgan fingerprint density at radius 2 is 1.52 bits per heavy atom. The van der Waals surface area contributed by atoms with Crippen molar-refractivity contribution in [2.45, 2.75) is 38.0 Å². The molecule has 0 aromatic heterocycles. The van der Waals surface area contributed by atoms with Crippen LogP contribution in [0.2, 0.25) is 0 Å². The van der Waals surface area contributed by atoms with E-state index in [9.17, 15) is 4.79 Å². The number of benzene rings is 2. The Morgan fingerprint density at radius 1 is 0.857 bits per heavy atom. The molecular formula is C19H21NO. The van der Waals surface area contributed by atoms with Gasteiger partial charge in [0.15, 0.2) is 0 Å². The topological polar surface area (TPSA) is 29.1 Å². The van der Waals surface area contributed by atoms with E-state index in [0.717, 1.165) is 11.3 Å². The molecule has 1 saturated carbocycles. The predicted octanol–water partition coefficient (Wildman–Crippen LogP) is 4.99. The molecule has 0 saturated heterocycles. The molecule has 0 unspecified atom stereocenters. The van der Waals surface area contributed by atoms with Gasteiger partial charge in [0.05, 0.1) is 0 Å². The lowest BCUT2D eigenvalue weighted by Gasteiger charge is -2.22. The third-order valence-corrected chi connectivity index (χ3v) is 4.28. The summed E-state index contributed by atoms with van der Waals surface area (Å²) in [5.74, 6) is 0.640. The number of rotatable bonds is 3.